The van der Waals surface area contributed by atoms with E-state index in [1.54, 1.807) is 0 Å². The number of amides is 2. The van der Waals surface area contributed by atoms with E-state index in [1.807, 2.05) is 24.3 Å². The number of para-hydroxylation sites is 2. The Morgan fingerprint density at radius 1 is 0.654 bits per heavy atom. The monoisotopic (exact) mass is 360 g/mol. The first kappa shape index (κ1) is 22.2. The molecule has 2 N–H and O–H groups in total. The van der Waals surface area contributed by atoms with Crippen LogP contribution in [0.3, 0.4) is 0 Å². The number of carbonyl (C=O) groups is 2. The van der Waals surface area contributed by atoms with Crippen molar-refractivity contribution in [2.75, 3.05) is 10.6 Å². The molecule has 0 saturated heterocycles. The first-order chi connectivity index (χ1) is 12.7. The van der Waals surface area contributed by atoms with Crippen molar-refractivity contribution >= 4 is 23.2 Å². The smallest absolute Gasteiger partial charge is 0.224 e. The lowest BCUT2D eigenvalue weighted by atomic mass is 10.1. The van der Waals surface area contributed by atoms with E-state index in [1.165, 1.54) is 38.5 Å². The molecule has 0 aliphatic carbocycles. The van der Waals surface area contributed by atoms with E-state index >= 15 is 0 Å². The number of anilines is 2. The van der Waals surface area contributed by atoms with Crippen molar-refractivity contribution in [3.63, 3.8) is 0 Å². The van der Waals surface area contributed by atoms with Crippen LogP contribution in [0.25, 0.3) is 0 Å². The number of nitrogens with one attached hydrogen (secondary N) is 2. The van der Waals surface area contributed by atoms with Crippen LogP contribution in [0.15, 0.2) is 24.3 Å². The van der Waals surface area contributed by atoms with Gasteiger partial charge in [-0.15, -0.1) is 0 Å². The molecule has 0 radical (unpaired) electrons. The molecule has 0 fully saturated rings. The van der Waals surface area contributed by atoms with E-state index in [0.717, 1.165) is 25.7 Å². The van der Waals surface area contributed by atoms with Crippen molar-refractivity contribution in [3.05, 3.63) is 24.3 Å². The van der Waals surface area contributed by atoms with E-state index < -0.39 is 0 Å². The van der Waals surface area contributed by atoms with Crippen LogP contribution < -0.4 is 10.6 Å². The van der Waals surface area contributed by atoms with Gasteiger partial charge in [-0.2, -0.15) is 0 Å². The Kier molecular flexibility index (Phi) is 12.2. The Hall–Kier alpha value is -1.84. The molecular formula is C22H36N2O2. The molecule has 0 atom stereocenters. The lowest BCUT2D eigenvalue weighted by Gasteiger charge is -2.12. The molecule has 0 aliphatic heterocycles. The minimum absolute atomic E-state index is 0.0164. The summed E-state index contributed by atoms with van der Waals surface area (Å²) in [6.45, 7) is 4.37. The summed E-state index contributed by atoms with van der Waals surface area (Å²) in [5.41, 5.74) is 1.37. The summed E-state index contributed by atoms with van der Waals surface area (Å²) in [7, 11) is 0. The van der Waals surface area contributed by atoms with Gasteiger partial charge in [0.05, 0.1) is 11.4 Å². The second-order valence-corrected chi connectivity index (χ2v) is 6.97. The third kappa shape index (κ3) is 10.2. The van der Waals surface area contributed by atoms with Crippen LogP contribution in [0.1, 0.15) is 90.9 Å². The first-order valence-corrected chi connectivity index (χ1v) is 10.4. The zero-order valence-electron chi connectivity index (χ0n) is 16.6. The highest BCUT2D eigenvalue weighted by Crippen LogP contribution is 2.22. The number of hydrogen-bond acceptors (Lipinski definition) is 2. The summed E-state index contributed by atoms with van der Waals surface area (Å²) >= 11 is 0. The molecular weight excluding hydrogens is 324 g/mol. The van der Waals surface area contributed by atoms with Crippen LogP contribution in [0.5, 0.6) is 0 Å². The minimum atomic E-state index is 0.0164. The molecule has 0 spiro atoms. The van der Waals surface area contributed by atoms with Crippen molar-refractivity contribution in [1.29, 1.82) is 0 Å². The molecule has 0 aliphatic rings. The average molecular weight is 361 g/mol. The molecule has 1 rings (SSSR count). The summed E-state index contributed by atoms with van der Waals surface area (Å²) in [6, 6.07) is 7.42. The fourth-order valence-electron chi connectivity index (χ4n) is 2.90. The van der Waals surface area contributed by atoms with Crippen LogP contribution in [0, 0.1) is 0 Å². The second kappa shape index (κ2) is 14.3. The summed E-state index contributed by atoms with van der Waals surface area (Å²) in [5.74, 6) is 0.0329. The summed E-state index contributed by atoms with van der Waals surface area (Å²) in [4.78, 5) is 24.3. The molecule has 4 heteroatoms. The van der Waals surface area contributed by atoms with Crippen molar-refractivity contribution < 1.29 is 9.59 Å². The molecule has 2 amide bonds. The third-order valence-electron chi connectivity index (χ3n) is 4.49. The van der Waals surface area contributed by atoms with Gasteiger partial charge in [-0.1, -0.05) is 77.3 Å². The van der Waals surface area contributed by atoms with Crippen molar-refractivity contribution in [1.82, 2.24) is 0 Å². The fourth-order valence-corrected chi connectivity index (χ4v) is 2.90. The van der Waals surface area contributed by atoms with Crippen LogP contribution in [-0.4, -0.2) is 11.8 Å². The van der Waals surface area contributed by atoms with Crippen LogP contribution >= 0.6 is 0 Å². The van der Waals surface area contributed by atoms with Crippen molar-refractivity contribution in [2.45, 2.75) is 90.9 Å². The number of unbranched alkanes of at least 4 members (excludes halogenated alkanes) is 8. The van der Waals surface area contributed by atoms with Gasteiger partial charge >= 0.3 is 0 Å². The maximum absolute atomic E-state index is 12.1. The highest BCUT2D eigenvalue weighted by atomic mass is 16.2. The zero-order valence-corrected chi connectivity index (χ0v) is 16.6. The third-order valence-corrected chi connectivity index (χ3v) is 4.49. The highest BCUT2D eigenvalue weighted by Gasteiger charge is 2.09. The van der Waals surface area contributed by atoms with E-state index in [-0.39, 0.29) is 11.8 Å². The van der Waals surface area contributed by atoms with E-state index in [4.69, 9.17) is 0 Å². The molecule has 0 heterocycles. The summed E-state index contributed by atoms with van der Waals surface area (Å²) in [6.07, 6.45) is 12.3. The summed E-state index contributed by atoms with van der Waals surface area (Å²) in [5, 5.41) is 5.87. The van der Waals surface area contributed by atoms with Crippen LogP contribution in [-0.2, 0) is 9.59 Å². The number of carbonyl (C=O) groups excluding carboxylic acids is 2. The van der Waals surface area contributed by atoms with E-state index in [2.05, 4.69) is 24.5 Å². The molecule has 1 aromatic rings. The molecule has 4 nitrogen and oxygen atoms in total. The predicted molar refractivity (Wildman–Crippen MR) is 110 cm³/mol. The maximum Gasteiger partial charge on any atom is 0.224 e. The van der Waals surface area contributed by atoms with Gasteiger partial charge in [0, 0.05) is 12.8 Å². The Balaban J connectivity index is 2.38. The number of benzene rings is 1. The van der Waals surface area contributed by atoms with E-state index in [9.17, 15) is 9.59 Å². The van der Waals surface area contributed by atoms with Crippen LogP contribution in [0.4, 0.5) is 11.4 Å². The zero-order chi connectivity index (χ0) is 19.0. The lowest BCUT2D eigenvalue weighted by molar-refractivity contribution is -0.117. The second-order valence-electron chi connectivity index (χ2n) is 6.97. The topological polar surface area (TPSA) is 58.2 Å². The Labute approximate surface area is 159 Å². The Bertz CT molecular complexity index is 482. The van der Waals surface area contributed by atoms with Gasteiger partial charge in [0.2, 0.25) is 11.8 Å². The molecule has 1 aromatic carbocycles. The molecule has 0 aromatic heterocycles. The van der Waals surface area contributed by atoms with Gasteiger partial charge in [0.15, 0.2) is 0 Å². The normalized spacial score (nSPS) is 10.5. The number of rotatable bonds is 14. The average Bonchev–Trinajstić information content (AvgIpc) is 2.63. The lowest BCUT2D eigenvalue weighted by Crippen LogP contribution is -2.16. The van der Waals surface area contributed by atoms with Gasteiger partial charge in [-0.05, 0) is 25.0 Å². The fraction of sp³-hybridized carbons (Fsp3) is 0.636. The number of hydrogen-bond donors (Lipinski definition) is 2. The maximum atomic E-state index is 12.1. The highest BCUT2D eigenvalue weighted by molar-refractivity contribution is 5.99. The van der Waals surface area contributed by atoms with Gasteiger partial charge in [0.25, 0.3) is 0 Å². The Morgan fingerprint density at radius 2 is 1.04 bits per heavy atom. The van der Waals surface area contributed by atoms with E-state index in [0.29, 0.717) is 24.2 Å². The van der Waals surface area contributed by atoms with Gasteiger partial charge in [-0.25, -0.2) is 0 Å². The molecule has 0 saturated carbocycles. The molecule has 26 heavy (non-hydrogen) atoms. The van der Waals surface area contributed by atoms with Gasteiger partial charge in [-0.3, -0.25) is 9.59 Å². The molecule has 146 valence electrons. The minimum Gasteiger partial charge on any atom is -0.324 e. The first-order valence-electron chi connectivity index (χ1n) is 10.4. The van der Waals surface area contributed by atoms with Crippen LogP contribution in [0.2, 0.25) is 0 Å². The standard InChI is InChI=1S/C22H36N2O2/c1-3-5-7-9-11-17-21(25)23-19-15-13-14-16-20(19)24-22(26)18-12-10-8-6-4-2/h13-16H,3-12,17-18H2,1-2H3,(H,23,25)(H,24,26). The molecule has 0 unspecified atom stereocenters. The van der Waals surface area contributed by atoms with Crippen molar-refractivity contribution in [2.24, 2.45) is 0 Å². The predicted octanol–water partition coefficient (Wildman–Crippen LogP) is 6.28. The Morgan fingerprint density at radius 3 is 1.42 bits per heavy atom. The summed E-state index contributed by atoms with van der Waals surface area (Å²) < 4.78 is 0. The molecule has 0 bridgehead atoms. The van der Waals surface area contributed by atoms with Crippen molar-refractivity contribution in [3.8, 4) is 0 Å². The SMILES string of the molecule is CCCCCCCC(=O)Nc1ccccc1NC(=O)CCCCCCC. The quantitative estimate of drug-likeness (QED) is 0.383. The van der Waals surface area contributed by atoms with Gasteiger partial charge in [0.1, 0.15) is 0 Å². The largest absolute Gasteiger partial charge is 0.324 e. The van der Waals surface area contributed by atoms with Gasteiger partial charge < -0.3 is 10.6 Å².